The summed E-state index contributed by atoms with van der Waals surface area (Å²) in [5.74, 6) is 2.56. The number of terminal acetylenes is 1. The number of carbonyl (C=O) groups excluding carboxylic acids is 1. The van der Waals surface area contributed by atoms with Gasteiger partial charge in [0.2, 0.25) is 5.91 Å². The predicted octanol–water partition coefficient (Wildman–Crippen LogP) is -0.153. The van der Waals surface area contributed by atoms with Crippen LogP contribution in [0.15, 0.2) is 0 Å². The van der Waals surface area contributed by atoms with Gasteiger partial charge in [0.1, 0.15) is 0 Å². The molecule has 0 saturated heterocycles. The highest BCUT2D eigenvalue weighted by atomic mass is 16.5. The summed E-state index contributed by atoms with van der Waals surface area (Å²) in [5.41, 5.74) is 0. The third-order valence-corrected chi connectivity index (χ3v) is 2.35. The molecule has 0 aliphatic heterocycles. The van der Waals surface area contributed by atoms with E-state index in [0.717, 1.165) is 12.8 Å². The Morgan fingerprint density at radius 2 is 2.40 bits per heavy atom. The number of hydrogen-bond donors (Lipinski definition) is 1. The van der Waals surface area contributed by atoms with Crippen LogP contribution in [0.1, 0.15) is 12.8 Å². The molecule has 1 saturated carbocycles. The van der Waals surface area contributed by atoms with Crippen LogP contribution in [0.3, 0.4) is 0 Å². The Kier molecular flexibility index (Phi) is 5.16. The van der Waals surface area contributed by atoms with Crippen molar-refractivity contribution in [1.29, 1.82) is 0 Å². The molecule has 1 amide bonds. The molecule has 4 nitrogen and oxygen atoms in total. The van der Waals surface area contributed by atoms with Gasteiger partial charge >= 0.3 is 0 Å². The molecule has 0 spiro atoms. The van der Waals surface area contributed by atoms with E-state index in [2.05, 4.69) is 11.2 Å². The van der Waals surface area contributed by atoms with E-state index in [-0.39, 0.29) is 5.91 Å². The molecule has 15 heavy (non-hydrogen) atoms. The van der Waals surface area contributed by atoms with E-state index in [1.165, 1.54) is 0 Å². The molecular formula is C11H18N2O2. The molecule has 1 N–H and O–H groups in total. The predicted molar refractivity (Wildman–Crippen MR) is 58.3 cm³/mol. The Balaban J connectivity index is 2.27. The smallest absolute Gasteiger partial charge is 0.236 e. The van der Waals surface area contributed by atoms with Crippen LogP contribution in [-0.4, -0.2) is 50.2 Å². The Morgan fingerprint density at radius 1 is 1.67 bits per heavy atom. The summed E-state index contributed by atoms with van der Waals surface area (Å²) in [5, 5.41) is 2.91. The Morgan fingerprint density at radius 3 is 2.93 bits per heavy atom. The maximum Gasteiger partial charge on any atom is 0.236 e. The van der Waals surface area contributed by atoms with Gasteiger partial charge in [0, 0.05) is 19.7 Å². The first-order valence-corrected chi connectivity index (χ1v) is 5.22. The molecule has 0 heterocycles. The summed E-state index contributed by atoms with van der Waals surface area (Å²) in [6, 6.07) is 0.431. The zero-order valence-corrected chi connectivity index (χ0v) is 9.16. The second-order valence-corrected chi connectivity index (χ2v) is 3.62. The van der Waals surface area contributed by atoms with Gasteiger partial charge in [-0.3, -0.25) is 10.1 Å². The van der Waals surface area contributed by atoms with Crippen LogP contribution in [-0.2, 0) is 9.53 Å². The lowest BCUT2D eigenvalue weighted by Crippen LogP contribution is -2.41. The molecule has 1 rings (SSSR count). The highest BCUT2D eigenvalue weighted by Crippen LogP contribution is 2.26. The molecule has 1 aliphatic rings. The number of nitrogens with one attached hydrogen (secondary N) is 1. The first kappa shape index (κ1) is 12.0. The van der Waals surface area contributed by atoms with E-state index >= 15 is 0 Å². The van der Waals surface area contributed by atoms with Crippen molar-refractivity contribution in [3.8, 4) is 12.3 Å². The minimum Gasteiger partial charge on any atom is -0.383 e. The number of methoxy groups -OCH3 is 1. The van der Waals surface area contributed by atoms with Crippen molar-refractivity contribution in [3.05, 3.63) is 0 Å². The number of rotatable bonds is 7. The summed E-state index contributed by atoms with van der Waals surface area (Å²) < 4.78 is 4.98. The molecule has 0 aromatic heterocycles. The monoisotopic (exact) mass is 210 g/mol. The van der Waals surface area contributed by atoms with Crippen LogP contribution < -0.4 is 5.32 Å². The van der Waals surface area contributed by atoms with Crippen molar-refractivity contribution >= 4 is 5.91 Å². The van der Waals surface area contributed by atoms with Crippen molar-refractivity contribution in [2.24, 2.45) is 0 Å². The van der Waals surface area contributed by atoms with Crippen LogP contribution >= 0.6 is 0 Å². The molecule has 0 aromatic carbocycles. The maximum atomic E-state index is 11.7. The minimum absolute atomic E-state index is 0.116. The van der Waals surface area contributed by atoms with Gasteiger partial charge in [-0.2, -0.15) is 0 Å². The van der Waals surface area contributed by atoms with Crippen LogP contribution in [0.4, 0.5) is 0 Å². The summed E-state index contributed by atoms with van der Waals surface area (Å²) in [6.07, 6.45) is 7.32. The van der Waals surface area contributed by atoms with Crippen molar-refractivity contribution in [2.45, 2.75) is 18.9 Å². The molecule has 0 unspecified atom stereocenters. The average Bonchev–Trinajstić information content (AvgIpc) is 3.03. The van der Waals surface area contributed by atoms with Crippen LogP contribution in [0.25, 0.3) is 0 Å². The van der Waals surface area contributed by atoms with E-state index in [9.17, 15) is 4.79 Å². The lowest BCUT2D eigenvalue weighted by Gasteiger charge is -2.21. The quantitative estimate of drug-likeness (QED) is 0.469. The van der Waals surface area contributed by atoms with Gasteiger partial charge in [0.25, 0.3) is 0 Å². The minimum atomic E-state index is 0.116. The van der Waals surface area contributed by atoms with Crippen molar-refractivity contribution in [3.63, 3.8) is 0 Å². The van der Waals surface area contributed by atoms with Crippen molar-refractivity contribution < 1.29 is 9.53 Å². The van der Waals surface area contributed by atoms with E-state index < -0.39 is 0 Å². The zero-order chi connectivity index (χ0) is 11.1. The normalized spacial score (nSPS) is 14.7. The fourth-order valence-electron chi connectivity index (χ4n) is 1.43. The first-order valence-electron chi connectivity index (χ1n) is 5.22. The number of hydrogen-bond acceptors (Lipinski definition) is 3. The number of ether oxygens (including phenoxy) is 1. The first-order chi connectivity index (χ1) is 7.29. The van der Waals surface area contributed by atoms with Gasteiger partial charge in [-0.25, -0.2) is 0 Å². The molecule has 0 bridgehead atoms. The van der Waals surface area contributed by atoms with E-state index in [0.29, 0.717) is 32.3 Å². The van der Waals surface area contributed by atoms with Gasteiger partial charge in [0.05, 0.1) is 19.7 Å². The van der Waals surface area contributed by atoms with Crippen molar-refractivity contribution in [1.82, 2.24) is 10.2 Å². The SMILES string of the molecule is C#CCNCC(=O)N(CCOC)C1CC1. The summed E-state index contributed by atoms with van der Waals surface area (Å²) in [7, 11) is 1.64. The lowest BCUT2D eigenvalue weighted by atomic mass is 10.4. The molecule has 4 heteroatoms. The highest BCUT2D eigenvalue weighted by molar-refractivity contribution is 5.79. The molecule has 0 aromatic rings. The average molecular weight is 210 g/mol. The number of carbonyl (C=O) groups is 1. The fraction of sp³-hybridized carbons (Fsp3) is 0.727. The number of amides is 1. The summed E-state index contributed by atoms with van der Waals surface area (Å²) in [6.45, 7) is 2.04. The van der Waals surface area contributed by atoms with Gasteiger partial charge in [-0.1, -0.05) is 5.92 Å². The van der Waals surface area contributed by atoms with Crippen LogP contribution in [0.5, 0.6) is 0 Å². The van der Waals surface area contributed by atoms with E-state index in [1.54, 1.807) is 7.11 Å². The largest absolute Gasteiger partial charge is 0.383 e. The maximum absolute atomic E-state index is 11.7. The summed E-state index contributed by atoms with van der Waals surface area (Å²) >= 11 is 0. The van der Waals surface area contributed by atoms with Gasteiger partial charge in [-0.05, 0) is 12.8 Å². The van der Waals surface area contributed by atoms with Crippen LogP contribution in [0.2, 0.25) is 0 Å². The third kappa shape index (κ3) is 4.32. The van der Waals surface area contributed by atoms with Crippen LogP contribution in [0, 0.1) is 12.3 Å². The Labute approximate surface area is 91.0 Å². The van der Waals surface area contributed by atoms with Gasteiger partial charge in [-0.15, -0.1) is 6.42 Å². The van der Waals surface area contributed by atoms with Gasteiger partial charge < -0.3 is 9.64 Å². The Bertz CT molecular complexity index is 243. The second kappa shape index (κ2) is 6.44. The zero-order valence-electron chi connectivity index (χ0n) is 9.16. The molecule has 1 aliphatic carbocycles. The molecule has 0 radical (unpaired) electrons. The molecule has 84 valence electrons. The van der Waals surface area contributed by atoms with E-state index in [4.69, 9.17) is 11.2 Å². The fourth-order valence-corrected chi connectivity index (χ4v) is 1.43. The molecular weight excluding hydrogens is 192 g/mol. The Hall–Kier alpha value is -1.05. The topological polar surface area (TPSA) is 41.6 Å². The van der Waals surface area contributed by atoms with Crippen molar-refractivity contribution in [2.75, 3.05) is 33.4 Å². The standard InChI is InChI=1S/C11H18N2O2/c1-3-6-12-9-11(14)13(7-8-15-2)10-4-5-10/h1,10,12H,4-9H2,2H3. The molecule has 0 atom stereocenters. The lowest BCUT2D eigenvalue weighted by molar-refractivity contribution is -0.131. The highest BCUT2D eigenvalue weighted by Gasteiger charge is 2.31. The summed E-state index contributed by atoms with van der Waals surface area (Å²) in [4.78, 5) is 13.6. The van der Waals surface area contributed by atoms with E-state index in [1.807, 2.05) is 4.90 Å². The number of nitrogens with zero attached hydrogens (tertiary/aromatic N) is 1. The van der Waals surface area contributed by atoms with Gasteiger partial charge in [0.15, 0.2) is 0 Å². The second-order valence-electron chi connectivity index (χ2n) is 3.62. The third-order valence-electron chi connectivity index (χ3n) is 2.35. The molecule has 1 fully saturated rings.